The van der Waals surface area contributed by atoms with Crippen LogP contribution in [-0.2, 0) is 11.3 Å². The number of fused-ring (bicyclic) bond motifs is 4. The number of amides is 1. The van der Waals surface area contributed by atoms with Gasteiger partial charge in [0.15, 0.2) is 0 Å². The number of carboxylic acids is 1. The van der Waals surface area contributed by atoms with Gasteiger partial charge in [0.2, 0.25) is 0 Å². The molecule has 2 aromatic heterocycles. The van der Waals surface area contributed by atoms with E-state index in [0.717, 1.165) is 53.8 Å². The van der Waals surface area contributed by atoms with Gasteiger partial charge in [0.05, 0.1) is 17.1 Å². The fraction of sp³-hybridized carbons (Fsp3) is 0.286. The number of aromatic nitrogens is 2. The Hall–Kier alpha value is -3.07. The van der Waals surface area contributed by atoms with Gasteiger partial charge in [-0.3, -0.25) is 9.78 Å². The molecule has 162 valence electrons. The van der Waals surface area contributed by atoms with Crippen molar-refractivity contribution in [3.63, 3.8) is 0 Å². The summed E-state index contributed by atoms with van der Waals surface area (Å²) in [5.41, 5.74) is 4.62. The van der Waals surface area contributed by atoms with Crippen LogP contribution in [0.1, 0.15) is 23.3 Å². The van der Waals surface area contributed by atoms with Crippen LogP contribution in [0.5, 0.6) is 0 Å². The fourth-order valence-electron chi connectivity index (χ4n) is 4.12. The molecule has 1 saturated heterocycles. The number of alkyl halides is 3. The van der Waals surface area contributed by atoms with Crippen molar-refractivity contribution < 1.29 is 27.9 Å². The highest BCUT2D eigenvalue weighted by molar-refractivity contribution is 6.30. The molecule has 0 unspecified atom stereocenters. The summed E-state index contributed by atoms with van der Waals surface area (Å²) in [5, 5.41) is 7.81. The van der Waals surface area contributed by atoms with Gasteiger partial charge < -0.3 is 14.6 Å². The number of benzene rings is 1. The topological polar surface area (TPSA) is 75.4 Å². The van der Waals surface area contributed by atoms with Gasteiger partial charge in [0.1, 0.15) is 5.69 Å². The summed E-state index contributed by atoms with van der Waals surface area (Å²) in [5.74, 6) is -2.63. The molecule has 1 atom stereocenters. The quantitative estimate of drug-likeness (QED) is 0.586. The van der Waals surface area contributed by atoms with Gasteiger partial charge in [-0.2, -0.15) is 13.2 Å². The lowest BCUT2D eigenvalue weighted by molar-refractivity contribution is -0.192. The third kappa shape index (κ3) is 3.85. The Labute approximate surface area is 179 Å². The van der Waals surface area contributed by atoms with E-state index in [1.165, 1.54) is 0 Å². The number of carbonyl (C=O) groups excluding carboxylic acids is 1. The van der Waals surface area contributed by atoms with Crippen molar-refractivity contribution in [1.29, 1.82) is 0 Å². The molecular formula is C21H17ClF3N3O3. The van der Waals surface area contributed by atoms with Crippen LogP contribution in [-0.4, -0.2) is 50.2 Å². The maximum Gasteiger partial charge on any atom is 0.490 e. The molecule has 6 nitrogen and oxygen atoms in total. The van der Waals surface area contributed by atoms with E-state index in [-0.39, 0.29) is 5.91 Å². The fourth-order valence-corrected chi connectivity index (χ4v) is 4.24. The minimum absolute atomic E-state index is 0.131. The van der Waals surface area contributed by atoms with Crippen LogP contribution in [0.2, 0.25) is 5.02 Å². The van der Waals surface area contributed by atoms with Crippen LogP contribution in [0.3, 0.4) is 0 Å². The minimum atomic E-state index is -5.08. The van der Waals surface area contributed by atoms with E-state index in [4.69, 9.17) is 21.5 Å². The van der Waals surface area contributed by atoms with Crippen molar-refractivity contribution in [3.8, 4) is 11.1 Å². The van der Waals surface area contributed by atoms with E-state index in [2.05, 4.69) is 15.6 Å². The van der Waals surface area contributed by atoms with Crippen molar-refractivity contribution in [3.05, 3.63) is 53.3 Å². The number of nitrogens with zero attached hydrogens (tertiary/aromatic N) is 3. The van der Waals surface area contributed by atoms with Crippen molar-refractivity contribution >= 4 is 34.5 Å². The molecule has 0 radical (unpaired) electrons. The Morgan fingerprint density at radius 1 is 1.19 bits per heavy atom. The summed E-state index contributed by atoms with van der Waals surface area (Å²) < 4.78 is 33.9. The van der Waals surface area contributed by atoms with E-state index >= 15 is 0 Å². The largest absolute Gasteiger partial charge is 0.490 e. The molecule has 10 heteroatoms. The van der Waals surface area contributed by atoms with Crippen LogP contribution in [0.25, 0.3) is 22.2 Å². The molecular weight excluding hydrogens is 435 g/mol. The monoisotopic (exact) mass is 451 g/mol. The van der Waals surface area contributed by atoms with E-state index in [9.17, 15) is 18.0 Å². The Kier molecular flexibility index (Phi) is 5.38. The number of pyridine rings is 1. The second-order valence-electron chi connectivity index (χ2n) is 7.31. The molecule has 2 aliphatic rings. The Morgan fingerprint density at radius 2 is 1.87 bits per heavy atom. The molecule has 1 N–H and O–H groups in total. The number of rotatable bonds is 1. The Bertz CT molecular complexity index is 1160. The molecule has 1 fully saturated rings. The predicted molar refractivity (Wildman–Crippen MR) is 108 cm³/mol. The van der Waals surface area contributed by atoms with Crippen molar-refractivity contribution in [2.75, 3.05) is 6.54 Å². The van der Waals surface area contributed by atoms with Crippen molar-refractivity contribution in [2.45, 2.75) is 31.6 Å². The zero-order valence-electron chi connectivity index (χ0n) is 16.1. The first-order chi connectivity index (χ1) is 14.7. The first-order valence-corrected chi connectivity index (χ1v) is 9.90. The molecule has 0 saturated carbocycles. The Balaban J connectivity index is 0.000000289. The van der Waals surface area contributed by atoms with E-state index in [0.29, 0.717) is 11.1 Å². The van der Waals surface area contributed by atoms with Crippen LogP contribution in [0, 0.1) is 0 Å². The second-order valence-corrected chi connectivity index (χ2v) is 7.75. The van der Waals surface area contributed by atoms with Crippen LogP contribution in [0.4, 0.5) is 13.2 Å². The van der Waals surface area contributed by atoms with Crippen LogP contribution in [0.15, 0.2) is 42.6 Å². The number of carboxylic acid groups (broad SMARTS) is 1. The zero-order chi connectivity index (χ0) is 22.3. The molecule has 4 heterocycles. The third-order valence-corrected chi connectivity index (χ3v) is 5.68. The lowest BCUT2D eigenvalue weighted by Gasteiger charge is -2.32. The summed E-state index contributed by atoms with van der Waals surface area (Å²) in [6.07, 6.45) is -1.12. The standard InChI is InChI=1S/C19H16ClN3O.C2HF3O2/c20-13-7-5-12(6-8-13)16-17-15(4-1-9-21-17)23-11-14-3-2-10-22(14)19(24)18(16)23;3-2(4,5)1(6)7/h1,4-9,14H,2-3,10-11H2;(H,6,7)/t14-;/m1./s1. The average Bonchev–Trinajstić information content (AvgIpc) is 3.32. The third-order valence-electron chi connectivity index (χ3n) is 5.43. The number of hydrogen-bond acceptors (Lipinski definition) is 3. The van der Waals surface area contributed by atoms with Gasteiger partial charge in [0.25, 0.3) is 5.91 Å². The first kappa shape index (κ1) is 21.2. The average molecular weight is 452 g/mol. The van der Waals surface area contributed by atoms with Gasteiger partial charge >= 0.3 is 12.1 Å². The lowest BCUT2D eigenvalue weighted by Crippen LogP contribution is -2.44. The molecule has 0 bridgehead atoms. The predicted octanol–water partition coefficient (Wildman–Crippen LogP) is 4.61. The van der Waals surface area contributed by atoms with Gasteiger partial charge in [-0.05, 0) is 42.7 Å². The smallest absolute Gasteiger partial charge is 0.475 e. The normalized spacial score (nSPS) is 17.7. The Morgan fingerprint density at radius 3 is 2.52 bits per heavy atom. The summed E-state index contributed by atoms with van der Waals surface area (Å²) >= 11 is 6.04. The first-order valence-electron chi connectivity index (χ1n) is 9.52. The van der Waals surface area contributed by atoms with Crippen molar-refractivity contribution in [1.82, 2.24) is 14.5 Å². The highest BCUT2D eigenvalue weighted by atomic mass is 35.5. The highest BCUT2D eigenvalue weighted by Gasteiger charge is 2.39. The maximum absolute atomic E-state index is 13.2. The lowest BCUT2D eigenvalue weighted by atomic mass is 10.0. The molecule has 5 rings (SSSR count). The maximum atomic E-state index is 13.2. The van der Waals surface area contributed by atoms with Gasteiger partial charge in [-0.15, -0.1) is 0 Å². The number of aliphatic carboxylic acids is 1. The molecule has 31 heavy (non-hydrogen) atoms. The van der Waals surface area contributed by atoms with E-state index in [1.807, 2.05) is 35.2 Å². The molecule has 0 spiro atoms. The zero-order valence-corrected chi connectivity index (χ0v) is 16.8. The highest BCUT2D eigenvalue weighted by Crippen LogP contribution is 2.39. The molecule has 2 aliphatic heterocycles. The molecule has 0 aliphatic carbocycles. The van der Waals surface area contributed by atoms with Crippen molar-refractivity contribution in [2.24, 2.45) is 0 Å². The number of carbonyl (C=O) groups is 2. The van der Waals surface area contributed by atoms with Crippen LogP contribution >= 0.6 is 11.6 Å². The molecule has 3 aromatic rings. The van der Waals surface area contributed by atoms with Gasteiger partial charge in [-0.1, -0.05) is 23.7 Å². The number of hydrogen-bond donors (Lipinski definition) is 1. The van der Waals surface area contributed by atoms with E-state index in [1.54, 1.807) is 6.20 Å². The molecule has 1 aromatic carbocycles. The minimum Gasteiger partial charge on any atom is -0.475 e. The van der Waals surface area contributed by atoms with Gasteiger partial charge in [-0.25, -0.2) is 4.79 Å². The SMILES string of the molecule is O=C(O)C(F)(F)F.O=C1c2c(-c3ccc(Cl)cc3)c3ncccc3n2C[C@H]2CCCN12. The summed E-state index contributed by atoms with van der Waals surface area (Å²) in [6, 6.07) is 12.0. The summed E-state index contributed by atoms with van der Waals surface area (Å²) in [4.78, 5) is 28.7. The summed E-state index contributed by atoms with van der Waals surface area (Å²) in [6.45, 7) is 1.72. The number of halogens is 4. The van der Waals surface area contributed by atoms with Crippen LogP contribution < -0.4 is 0 Å². The van der Waals surface area contributed by atoms with Gasteiger partial charge in [0, 0.05) is 29.9 Å². The second kappa shape index (κ2) is 7.88. The molecule has 1 amide bonds. The van der Waals surface area contributed by atoms with E-state index < -0.39 is 12.1 Å². The summed E-state index contributed by atoms with van der Waals surface area (Å²) in [7, 11) is 0.